The first-order valence-corrected chi connectivity index (χ1v) is 6.83. The molecule has 0 spiro atoms. The van der Waals surface area contributed by atoms with Gasteiger partial charge in [-0.15, -0.1) is 0 Å². The number of hydrogen-bond acceptors (Lipinski definition) is 3. The monoisotopic (exact) mass is 329 g/mol. The number of halogens is 3. The van der Waals surface area contributed by atoms with Gasteiger partial charge in [0, 0.05) is 6.08 Å². The van der Waals surface area contributed by atoms with Gasteiger partial charge in [0.05, 0.1) is 5.57 Å². The number of alkyl halides is 3. The van der Waals surface area contributed by atoms with E-state index in [1.165, 1.54) is 24.3 Å². The molecule has 0 bridgehead atoms. The quantitative estimate of drug-likeness (QED) is 0.682. The van der Waals surface area contributed by atoms with E-state index in [0.29, 0.717) is 6.08 Å². The third kappa shape index (κ3) is 6.99. The normalized spacial score (nSPS) is 12.7. The summed E-state index contributed by atoms with van der Waals surface area (Å²) in [4.78, 5) is 23.1. The van der Waals surface area contributed by atoms with Crippen LogP contribution in [0, 0.1) is 0 Å². The van der Waals surface area contributed by atoms with Crippen LogP contribution in [-0.4, -0.2) is 30.2 Å². The minimum absolute atomic E-state index is 0.132. The van der Waals surface area contributed by atoms with Crippen molar-refractivity contribution in [1.29, 1.82) is 0 Å². The lowest BCUT2D eigenvalue weighted by molar-refractivity contribution is -0.154. The fourth-order valence-corrected chi connectivity index (χ4v) is 1.67. The summed E-state index contributed by atoms with van der Waals surface area (Å²) in [7, 11) is 0. The molecule has 0 aliphatic rings. The first-order chi connectivity index (χ1) is 10.5. The number of esters is 1. The van der Waals surface area contributed by atoms with Gasteiger partial charge in [-0.2, -0.15) is 13.2 Å². The fraction of sp³-hybridized carbons (Fsp3) is 0.375. The summed E-state index contributed by atoms with van der Waals surface area (Å²) in [5, 5.41) is 2.09. The van der Waals surface area contributed by atoms with Crippen molar-refractivity contribution in [3.05, 3.63) is 42.0 Å². The van der Waals surface area contributed by atoms with Gasteiger partial charge in [-0.05, 0) is 26.3 Å². The molecule has 0 aliphatic carbocycles. The highest BCUT2D eigenvalue weighted by molar-refractivity contribution is 5.97. The van der Waals surface area contributed by atoms with E-state index in [9.17, 15) is 22.8 Å². The van der Waals surface area contributed by atoms with Crippen LogP contribution in [0.25, 0.3) is 5.57 Å². The van der Waals surface area contributed by atoms with E-state index < -0.39 is 35.8 Å². The van der Waals surface area contributed by atoms with Crippen LogP contribution >= 0.6 is 0 Å². The van der Waals surface area contributed by atoms with Crippen LogP contribution in [0.4, 0.5) is 13.2 Å². The van der Waals surface area contributed by atoms with Gasteiger partial charge < -0.3 is 10.1 Å². The molecule has 0 unspecified atom stereocenters. The molecule has 1 amide bonds. The average Bonchev–Trinajstić information content (AvgIpc) is 2.40. The number of ether oxygens (including phenoxy) is 1. The standard InChI is InChI=1S/C16H18F3NO3/c1-15(2,3)23-14(22)10-20-13(21)9-12(16(17,18)19)11-7-5-4-6-8-11/h4-9H,10H2,1-3H3,(H,20,21). The molecule has 1 aromatic rings. The number of nitrogens with one attached hydrogen (secondary N) is 1. The van der Waals surface area contributed by atoms with Crippen molar-refractivity contribution in [3.63, 3.8) is 0 Å². The van der Waals surface area contributed by atoms with Crippen LogP contribution in [0.5, 0.6) is 0 Å². The molecule has 23 heavy (non-hydrogen) atoms. The molecular weight excluding hydrogens is 311 g/mol. The van der Waals surface area contributed by atoms with Gasteiger partial charge >= 0.3 is 12.1 Å². The zero-order valence-electron chi connectivity index (χ0n) is 13.0. The molecule has 0 heterocycles. The number of amides is 1. The highest BCUT2D eigenvalue weighted by Gasteiger charge is 2.35. The summed E-state index contributed by atoms with van der Waals surface area (Å²) in [6, 6.07) is 6.95. The summed E-state index contributed by atoms with van der Waals surface area (Å²) in [5.41, 5.74) is -1.95. The van der Waals surface area contributed by atoms with E-state index in [2.05, 4.69) is 5.32 Å². The Morgan fingerprint density at radius 2 is 1.70 bits per heavy atom. The number of rotatable bonds is 4. The first kappa shape index (κ1) is 18.7. The molecule has 0 radical (unpaired) electrons. The second-order valence-electron chi connectivity index (χ2n) is 5.73. The predicted molar refractivity (Wildman–Crippen MR) is 79.3 cm³/mol. The van der Waals surface area contributed by atoms with Crippen molar-refractivity contribution in [3.8, 4) is 0 Å². The minimum atomic E-state index is -4.69. The third-order valence-electron chi connectivity index (χ3n) is 2.49. The van der Waals surface area contributed by atoms with Crippen LogP contribution in [0.3, 0.4) is 0 Å². The smallest absolute Gasteiger partial charge is 0.417 e. The van der Waals surface area contributed by atoms with Gasteiger partial charge in [-0.1, -0.05) is 30.3 Å². The largest absolute Gasteiger partial charge is 0.459 e. The molecule has 1 rings (SSSR count). The van der Waals surface area contributed by atoms with Crippen molar-refractivity contribution in [2.75, 3.05) is 6.54 Å². The Morgan fingerprint density at radius 3 is 2.17 bits per heavy atom. The number of allylic oxidation sites excluding steroid dienone is 1. The lowest BCUT2D eigenvalue weighted by atomic mass is 10.1. The van der Waals surface area contributed by atoms with Crippen LogP contribution < -0.4 is 5.32 Å². The third-order valence-corrected chi connectivity index (χ3v) is 2.49. The number of hydrogen-bond donors (Lipinski definition) is 1. The van der Waals surface area contributed by atoms with Gasteiger partial charge in [-0.25, -0.2) is 0 Å². The van der Waals surface area contributed by atoms with Gasteiger partial charge in [-0.3, -0.25) is 9.59 Å². The second kappa shape index (κ2) is 7.30. The number of carbonyl (C=O) groups is 2. The Labute approximate surface area is 132 Å². The predicted octanol–water partition coefficient (Wildman–Crippen LogP) is 3.09. The summed E-state index contributed by atoms with van der Waals surface area (Å²) in [5.74, 6) is -1.75. The van der Waals surface area contributed by atoms with Crippen LogP contribution in [-0.2, 0) is 14.3 Å². The molecule has 7 heteroatoms. The zero-order valence-corrected chi connectivity index (χ0v) is 13.0. The SMILES string of the molecule is CC(C)(C)OC(=O)CNC(=O)C=C(c1ccccc1)C(F)(F)F. The van der Waals surface area contributed by atoms with Crippen molar-refractivity contribution in [2.24, 2.45) is 0 Å². The summed E-state index contributed by atoms with van der Waals surface area (Å²) < 4.78 is 44.1. The molecule has 4 nitrogen and oxygen atoms in total. The van der Waals surface area contributed by atoms with Crippen LogP contribution in [0.2, 0.25) is 0 Å². The first-order valence-electron chi connectivity index (χ1n) is 6.83. The highest BCUT2D eigenvalue weighted by atomic mass is 19.4. The van der Waals surface area contributed by atoms with Gasteiger partial charge in [0.25, 0.3) is 0 Å². The highest BCUT2D eigenvalue weighted by Crippen LogP contribution is 2.33. The van der Waals surface area contributed by atoms with Crippen LogP contribution in [0.1, 0.15) is 26.3 Å². The van der Waals surface area contributed by atoms with Crippen molar-refractivity contribution in [1.82, 2.24) is 5.32 Å². The minimum Gasteiger partial charge on any atom is -0.459 e. The van der Waals surface area contributed by atoms with Crippen molar-refractivity contribution in [2.45, 2.75) is 32.5 Å². The maximum absolute atomic E-state index is 13.0. The van der Waals surface area contributed by atoms with Crippen molar-refractivity contribution >= 4 is 17.4 Å². The Kier molecular flexibility index (Phi) is 5.95. The van der Waals surface area contributed by atoms with Gasteiger partial charge in [0.15, 0.2) is 0 Å². The van der Waals surface area contributed by atoms with E-state index in [-0.39, 0.29) is 5.56 Å². The Morgan fingerprint density at radius 1 is 1.13 bits per heavy atom. The molecule has 0 aliphatic heterocycles. The van der Waals surface area contributed by atoms with E-state index in [1.54, 1.807) is 26.8 Å². The fourth-order valence-electron chi connectivity index (χ4n) is 1.67. The molecule has 0 fully saturated rings. The molecule has 0 atom stereocenters. The lowest BCUT2D eigenvalue weighted by Gasteiger charge is -2.19. The van der Waals surface area contributed by atoms with Gasteiger partial charge in [0.2, 0.25) is 5.91 Å². The van der Waals surface area contributed by atoms with Crippen LogP contribution in [0.15, 0.2) is 36.4 Å². The van der Waals surface area contributed by atoms with E-state index in [0.717, 1.165) is 0 Å². The number of carbonyl (C=O) groups excluding carboxylic acids is 2. The maximum Gasteiger partial charge on any atom is 0.417 e. The average molecular weight is 329 g/mol. The maximum atomic E-state index is 13.0. The Hall–Kier alpha value is -2.31. The number of benzene rings is 1. The zero-order chi connectivity index (χ0) is 17.7. The van der Waals surface area contributed by atoms with E-state index in [4.69, 9.17) is 4.74 Å². The summed E-state index contributed by atoms with van der Waals surface area (Å²) in [6.07, 6.45) is -4.26. The van der Waals surface area contributed by atoms with E-state index in [1.807, 2.05) is 0 Å². The topological polar surface area (TPSA) is 55.4 Å². The lowest BCUT2D eigenvalue weighted by Crippen LogP contribution is -2.34. The second-order valence-corrected chi connectivity index (χ2v) is 5.73. The molecular formula is C16H18F3NO3. The Bertz CT molecular complexity index is 587. The molecule has 0 saturated heterocycles. The molecule has 0 aromatic heterocycles. The molecule has 126 valence electrons. The van der Waals surface area contributed by atoms with Crippen molar-refractivity contribution < 1.29 is 27.5 Å². The molecule has 1 aromatic carbocycles. The summed E-state index contributed by atoms with van der Waals surface area (Å²) >= 11 is 0. The summed E-state index contributed by atoms with van der Waals surface area (Å²) in [6.45, 7) is 4.42. The molecule has 1 N–H and O–H groups in total. The van der Waals surface area contributed by atoms with E-state index >= 15 is 0 Å². The Balaban J connectivity index is 2.80. The van der Waals surface area contributed by atoms with Gasteiger partial charge in [0.1, 0.15) is 12.1 Å². The molecule has 0 saturated carbocycles.